The molecule has 0 radical (unpaired) electrons. The fraction of sp³-hybridized carbons (Fsp3) is 0.0244. The van der Waals surface area contributed by atoms with E-state index in [1.54, 1.807) is 30.3 Å². The molecule has 0 saturated heterocycles. The van der Waals surface area contributed by atoms with Crippen LogP contribution in [-0.2, 0) is 15.3 Å². The molecule has 44 heavy (non-hydrogen) atoms. The van der Waals surface area contributed by atoms with Gasteiger partial charge in [-0.1, -0.05) is 146 Å². The Morgan fingerprint density at radius 3 is 1.66 bits per heavy atom. The van der Waals surface area contributed by atoms with Crippen molar-refractivity contribution in [3.63, 3.8) is 0 Å². The lowest BCUT2D eigenvalue weighted by molar-refractivity contribution is 0.596. The van der Waals surface area contributed by atoms with Crippen molar-refractivity contribution in [1.82, 2.24) is 0 Å². The van der Waals surface area contributed by atoms with Gasteiger partial charge in [-0.2, -0.15) is 0 Å². The Balaban J connectivity index is 1.44. The molecule has 0 N–H and O–H groups in total. The molecule has 0 saturated carbocycles. The number of rotatable bonds is 5. The lowest BCUT2D eigenvalue weighted by Crippen LogP contribution is -2.33. The SMILES string of the molecule is O=S(=O)(c1ccccc1)c1cccc(-c2ccc3c4c(cccc24)C(c2ccccc2)(c2ccccc2)c2ccccc2-3)c1. The predicted octanol–water partition coefficient (Wildman–Crippen LogP) is 9.70. The Morgan fingerprint density at radius 2 is 0.955 bits per heavy atom. The summed E-state index contributed by atoms with van der Waals surface area (Å²) in [5.41, 5.74) is 8.61. The molecule has 0 atom stereocenters. The van der Waals surface area contributed by atoms with E-state index in [-0.39, 0.29) is 4.90 Å². The molecule has 0 heterocycles. The minimum atomic E-state index is -3.66. The average molecular weight is 585 g/mol. The molecule has 2 nitrogen and oxygen atoms in total. The lowest BCUT2D eigenvalue weighted by Gasteiger charge is -2.42. The fourth-order valence-corrected chi connectivity index (χ4v) is 8.44. The van der Waals surface area contributed by atoms with E-state index in [0.29, 0.717) is 4.90 Å². The van der Waals surface area contributed by atoms with Gasteiger partial charge in [-0.15, -0.1) is 0 Å². The van der Waals surface area contributed by atoms with Crippen molar-refractivity contribution in [3.05, 3.63) is 192 Å². The molecular formula is C41H28O2S. The van der Waals surface area contributed by atoms with Crippen LogP contribution in [0, 0.1) is 0 Å². The van der Waals surface area contributed by atoms with E-state index in [0.717, 1.165) is 16.5 Å². The molecule has 7 aromatic carbocycles. The largest absolute Gasteiger partial charge is 0.219 e. The van der Waals surface area contributed by atoms with Crippen molar-refractivity contribution >= 4 is 20.6 Å². The first kappa shape index (κ1) is 26.4. The molecule has 0 aromatic heterocycles. The maximum Gasteiger partial charge on any atom is 0.206 e. The van der Waals surface area contributed by atoms with Gasteiger partial charge in [0.1, 0.15) is 0 Å². The molecule has 7 aromatic rings. The normalized spacial score (nSPS) is 13.4. The minimum absolute atomic E-state index is 0.287. The van der Waals surface area contributed by atoms with Gasteiger partial charge in [0.05, 0.1) is 15.2 Å². The molecule has 0 aliphatic heterocycles. The predicted molar refractivity (Wildman–Crippen MR) is 179 cm³/mol. The molecule has 0 unspecified atom stereocenters. The van der Waals surface area contributed by atoms with E-state index in [9.17, 15) is 8.42 Å². The molecule has 8 rings (SSSR count). The van der Waals surface area contributed by atoms with Gasteiger partial charge in [0.2, 0.25) is 9.84 Å². The first-order chi connectivity index (χ1) is 21.6. The maximum atomic E-state index is 13.6. The Kier molecular flexibility index (Phi) is 6.11. The highest BCUT2D eigenvalue weighted by Crippen LogP contribution is 2.56. The van der Waals surface area contributed by atoms with E-state index in [1.165, 1.54) is 38.8 Å². The number of hydrogen-bond donors (Lipinski definition) is 0. The third-order valence-corrected chi connectivity index (χ3v) is 10.8. The highest BCUT2D eigenvalue weighted by molar-refractivity contribution is 7.91. The fourth-order valence-electron chi connectivity index (χ4n) is 7.12. The second kappa shape index (κ2) is 10.2. The molecule has 1 aliphatic carbocycles. The van der Waals surface area contributed by atoms with Gasteiger partial charge in [-0.25, -0.2) is 8.42 Å². The van der Waals surface area contributed by atoms with Crippen LogP contribution in [0.3, 0.4) is 0 Å². The van der Waals surface area contributed by atoms with Crippen LogP contribution in [0.1, 0.15) is 22.3 Å². The molecule has 1 aliphatic rings. The number of hydrogen-bond acceptors (Lipinski definition) is 2. The van der Waals surface area contributed by atoms with Crippen molar-refractivity contribution in [1.29, 1.82) is 0 Å². The Hall–Kier alpha value is -5.25. The van der Waals surface area contributed by atoms with Gasteiger partial charge in [0, 0.05) is 0 Å². The number of fused-ring (bicyclic) bond motifs is 2. The standard InChI is InChI=1S/C41H28O2S/c42-44(43,32-19-8-3-9-20-32)33-21-12-14-29(28-33)34-26-27-37-35-22-10-11-24-38(35)41(30-15-4-1-5-16-30,31-17-6-2-7-18-31)39-25-13-23-36(34)40(37)39/h1-28H. The van der Waals surface area contributed by atoms with E-state index in [4.69, 9.17) is 0 Å². The maximum absolute atomic E-state index is 13.6. The minimum Gasteiger partial charge on any atom is -0.219 e. The zero-order valence-corrected chi connectivity index (χ0v) is 24.7. The highest BCUT2D eigenvalue weighted by Gasteiger charge is 2.44. The summed E-state index contributed by atoms with van der Waals surface area (Å²) in [6.45, 7) is 0. The van der Waals surface area contributed by atoms with Crippen LogP contribution in [0.5, 0.6) is 0 Å². The van der Waals surface area contributed by atoms with Gasteiger partial charge in [-0.05, 0) is 79.5 Å². The van der Waals surface area contributed by atoms with E-state index in [2.05, 4.69) is 115 Å². The summed E-state index contributed by atoms with van der Waals surface area (Å²) in [5.74, 6) is 0. The third-order valence-electron chi connectivity index (χ3n) is 8.99. The van der Waals surface area contributed by atoms with E-state index < -0.39 is 15.3 Å². The molecular weight excluding hydrogens is 557 g/mol. The van der Waals surface area contributed by atoms with Crippen LogP contribution in [0.15, 0.2) is 180 Å². The molecule has 0 amide bonds. The summed E-state index contributed by atoms with van der Waals surface area (Å²) in [4.78, 5) is 0.580. The summed E-state index contributed by atoms with van der Waals surface area (Å²) in [6.07, 6.45) is 0. The Morgan fingerprint density at radius 1 is 0.409 bits per heavy atom. The van der Waals surface area contributed by atoms with Gasteiger partial charge in [-0.3, -0.25) is 0 Å². The van der Waals surface area contributed by atoms with Crippen molar-refractivity contribution in [3.8, 4) is 22.3 Å². The summed E-state index contributed by atoms with van der Waals surface area (Å²) >= 11 is 0. The first-order valence-electron chi connectivity index (χ1n) is 14.8. The topological polar surface area (TPSA) is 34.1 Å². The molecule has 210 valence electrons. The van der Waals surface area contributed by atoms with E-state index >= 15 is 0 Å². The van der Waals surface area contributed by atoms with Gasteiger partial charge >= 0.3 is 0 Å². The number of benzene rings is 7. The molecule has 3 heteroatoms. The zero-order valence-electron chi connectivity index (χ0n) is 23.9. The van der Waals surface area contributed by atoms with Crippen LogP contribution < -0.4 is 0 Å². The lowest BCUT2D eigenvalue weighted by atomic mass is 9.59. The van der Waals surface area contributed by atoms with Gasteiger partial charge < -0.3 is 0 Å². The zero-order chi connectivity index (χ0) is 29.7. The second-order valence-corrected chi connectivity index (χ2v) is 13.2. The van der Waals surface area contributed by atoms with Crippen LogP contribution >= 0.6 is 0 Å². The monoisotopic (exact) mass is 584 g/mol. The Bertz CT molecular complexity index is 2230. The van der Waals surface area contributed by atoms with Crippen molar-refractivity contribution in [2.45, 2.75) is 15.2 Å². The third kappa shape index (κ3) is 3.83. The van der Waals surface area contributed by atoms with Crippen molar-refractivity contribution in [2.75, 3.05) is 0 Å². The Labute approximate surface area is 257 Å². The van der Waals surface area contributed by atoms with Crippen LogP contribution in [0.25, 0.3) is 33.0 Å². The van der Waals surface area contributed by atoms with Crippen molar-refractivity contribution < 1.29 is 8.42 Å². The average Bonchev–Trinajstić information content (AvgIpc) is 3.10. The summed E-state index contributed by atoms with van der Waals surface area (Å²) < 4.78 is 27.2. The molecule has 0 fully saturated rings. The summed E-state index contributed by atoms with van der Waals surface area (Å²) in [5, 5.41) is 2.28. The van der Waals surface area contributed by atoms with Gasteiger partial charge in [0.25, 0.3) is 0 Å². The summed E-state index contributed by atoms with van der Waals surface area (Å²) in [6, 6.07) is 57.2. The van der Waals surface area contributed by atoms with Crippen LogP contribution in [0.2, 0.25) is 0 Å². The van der Waals surface area contributed by atoms with Crippen LogP contribution in [0.4, 0.5) is 0 Å². The highest BCUT2D eigenvalue weighted by atomic mass is 32.2. The quantitative estimate of drug-likeness (QED) is 0.202. The second-order valence-electron chi connectivity index (χ2n) is 11.3. The molecule has 0 bridgehead atoms. The molecule has 0 spiro atoms. The smallest absolute Gasteiger partial charge is 0.206 e. The van der Waals surface area contributed by atoms with Crippen molar-refractivity contribution in [2.24, 2.45) is 0 Å². The van der Waals surface area contributed by atoms with Gasteiger partial charge in [0.15, 0.2) is 0 Å². The number of sulfone groups is 1. The van der Waals surface area contributed by atoms with E-state index in [1.807, 2.05) is 24.3 Å². The first-order valence-corrected chi connectivity index (χ1v) is 16.3. The van der Waals surface area contributed by atoms with Crippen LogP contribution in [-0.4, -0.2) is 8.42 Å². The summed E-state index contributed by atoms with van der Waals surface area (Å²) in [7, 11) is -3.66.